The SMILES string of the molecule is Cc1c(Br)cccc1NN. The Kier molecular flexibility index (Phi) is 2.29. The summed E-state index contributed by atoms with van der Waals surface area (Å²) in [5.41, 5.74) is 4.69. The normalized spacial score (nSPS) is 9.50. The van der Waals surface area contributed by atoms with E-state index in [0.717, 1.165) is 15.7 Å². The van der Waals surface area contributed by atoms with Gasteiger partial charge in [0.25, 0.3) is 0 Å². The Bertz CT molecular complexity index is 235. The molecular formula is C7H9BrN2. The standard InChI is InChI=1S/C7H9BrN2/c1-5-6(8)3-2-4-7(5)10-9/h2-4,10H,9H2,1H3. The summed E-state index contributed by atoms with van der Waals surface area (Å²) >= 11 is 3.39. The molecule has 3 heteroatoms. The topological polar surface area (TPSA) is 38.0 Å². The fraction of sp³-hybridized carbons (Fsp3) is 0.143. The molecule has 0 saturated carbocycles. The number of nitrogens with two attached hydrogens (primary N) is 1. The second-order valence-electron chi connectivity index (χ2n) is 2.06. The first-order valence-electron chi connectivity index (χ1n) is 2.97. The van der Waals surface area contributed by atoms with Gasteiger partial charge in [0.2, 0.25) is 0 Å². The highest BCUT2D eigenvalue weighted by molar-refractivity contribution is 9.10. The third-order valence-corrected chi connectivity index (χ3v) is 2.28. The maximum Gasteiger partial charge on any atom is 0.0525 e. The maximum absolute atomic E-state index is 5.25. The Hall–Kier alpha value is -0.540. The minimum absolute atomic E-state index is 0.953. The van der Waals surface area contributed by atoms with Crippen LogP contribution >= 0.6 is 15.9 Å². The van der Waals surface area contributed by atoms with Crippen LogP contribution in [0.2, 0.25) is 0 Å². The zero-order valence-corrected chi connectivity index (χ0v) is 7.27. The van der Waals surface area contributed by atoms with E-state index in [1.54, 1.807) is 0 Å². The molecule has 2 nitrogen and oxygen atoms in total. The van der Waals surface area contributed by atoms with Gasteiger partial charge in [-0.3, -0.25) is 5.84 Å². The van der Waals surface area contributed by atoms with Gasteiger partial charge in [0, 0.05) is 4.47 Å². The Labute approximate surface area is 68.5 Å². The van der Waals surface area contributed by atoms with E-state index in [1.165, 1.54) is 0 Å². The lowest BCUT2D eigenvalue weighted by Crippen LogP contribution is -2.07. The molecule has 0 aliphatic rings. The van der Waals surface area contributed by atoms with E-state index < -0.39 is 0 Å². The summed E-state index contributed by atoms with van der Waals surface area (Å²) in [5, 5.41) is 0. The highest BCUT2D eigenvalue weighted by Gasteiger charge is 1.97. The van der Waals surface area contributed by atoms with E-state index in [4.69, 9.17) is 5.84 Å². The summed E-state index contributed by atoms with van der Waals surface area (Å²) in [6.07, 6.45) is 0. The first-order valence-corrected chi connectivity index (χ1v) is 3.76. The number of rotatable bonds is 1. The zero-order chi connectivity index (χ0) is 7.56. The van der Waals surface area contributed by atoms with Crippen molar-refractivity contribution in [3.05, 3.63) is 28.2 Å². The first kappa shape index (κ1) is 7.57. The van der Waals surface area contributed by atoms with Gasteiger partial charge < -0.3 is 5.43 Å². The molecule has 0 heterocycles. The second-order valence-corrected chi connectivity index (χ2v) is 2.91. The average Bonchev–Trinajstić information content (AvgIpc) is 1.95. The molecule has 54 valence electrons. The second kappa shape index (κ2) is 3.03. The number of nitrogens with one attached hydrogen (secondary N) is 1. The van der Waals surface area contributed by atoms with Crippen LogP contribution in [-0.2, 0) is 0 Å². The van der Waals surface area contributed by atoms with Crippen molar-refractivity contribution in [3.63, 3.8) is 0 Å². The van der Waals surface area contributed by atoms with E-state index in [9.17, 15) is 0 Å². The molecule has 0 bridgehead atoms. The lowest BCUT2D eigenvalue weighted by atomic mass is 10.2. The van der Waals surface area contributed by atoms with Crippen molar-refractivity contribution in [3.8, 4) is 0 Å². The molecule has 1 rings (SSSR count). The molecule has 0 aliphatic carbocycles. The Morgan fingerprint density at radius 1 is 1.50 bits per heavy atom. The van der Waals surface area contributed by atoms with Crippen LogP contribution in [0.5, 0.6) is 0 Å². The predicted molar refractivity (Wildman–Crippen MR) is 46.7 cm³/mol. The van der Waals surface area contributed by atoms with Gasteiger partial charge in [0.1, 0.15) is 0 Å². The molecule has 1 aromatic carbocycles. The number of hydrogen-bond acceptors (Lipinski definition) is 2. The van der Waals surface area contributed by atoms with Gasteiger partial charge in [-0.1, -0.05) is 22.0 Å². The molecule has 10 heavy (non-hydrogen) atoms. The molecule has 0 unspecified atom stereocenters. The molecule has 0 saturated heterocycles. The van der Waals surface area contributed by atoms with Crippen LogP contribution in [0, 0.1) is 6.92 Å². The highest BCUT2D eigenvalue weighted by atomic mass is 79.9. The molecule has 0 atom stereocenters. The van der Waals surface area contributed by atoms with Crippen LogP contribution in [0.1, 0.15) is 5.56 Å². The largest absolute Gasteiger partial charge is 0.324 e. The monoisotopic (exact) mass is 200 g/mol. The van der Waals surface area contributed by atoms with Gasteiger partial charge >= 0.3 is 0 Å². The number of anilines is 1. The van der Waals surface area contributed by atoms with E-state index >= 15 is 0 Å². The van der Waals surface area contributed by atoms with Crippen molar-refractivity contribution in [2.45, 2.75) is 6.92 Å². The summed E-state index contributed by atoms with van der Waals surface area (Å²) in [7, 11) is 0. The molecule has 0 aromatic heterocycles. The van der Waals surface area contributed by atoms with Crippen LogP contribution in [0.15, 0.2) is 22.7 Å². The summed E-state index contributed by atoms with van der Waals surface area (Å²) in [6, 6.07) is 5.85. The lowest BCUT2D eigenvalue weighted by molar-refractivity contribution is 1.30. The smallest absolute Gasteiger partial charge is 0.0525 e. The van der Waals surface area contributed by atoms with Gasteiger partial charge in [-0.25, -0.2) is 0 Å². The van der Waals surface area contributed by atoms with Crippen LogP contribution in [-0.4, -0.2) is 0 Å². The van der Waals surface area contributed by atoms with Gasteiger partial charge in [0.05, 0.1) is 5.69 Å². The average molecular weight is 201 g/mol. The number of hydrogen-bond donors (Lipinski definition) is 2. The minimum atomic E-state index is 0.953. The van der Waals surface area contributed by atoms with Crippen molar-refractivity contribution in [2.24, 2.45) is 5.84 Å². The molecule has 0 spiro atoms. The quantitative estimate of drug-likeness (QED) is 0.539. The van der Waals surface area contributed by atoms with Gasteiger partial charge in [-0.15, -0.1) is 0 Å². The van der Waals surface area contributed by atoms with Crippen LogP contribution in [0.3, 0.4) is 0 Å². The summed E-state index contributed by atoms with van der Waals surface area (Å²) in [6.45, 7) is 2.00. The maximum atomic E-state index is 5.25. The van der Waals surface area contributed by atoms with Crippen molar-refractivity contribution < 1.29 is 0 Å². The minimum Gasteiger partial charge on any atom is -0.324 e. The number of benzene rings is 1. The molecule has 0 aliphatic heterocycles. The fourth-order valence-corrected chi connectivity index (χ4v) is 1.13. The number of hydrazine groups is 1. The Balaban J connectivity index is 3.14. The molecule has 0 radical (unpaired) electrons. The van der Waals surface area contributed by atoms with Gasteiger partial charge in [0.15, 0.2) is 0 Å². The van der Waals surface area contributed by atoms with E-state index in [0.29, 0.717) is 0 Å². The van der Waals surface area contributed by atoms with E-state index in [1.807, 2.05) is 25.1 Å². The zero-order valence-electron chi connectivity index (χ0n) is 5.69. The lowest BCUT2D eigenvalue weighted by Gasteiger charge is -2.04. The first-order chi connectivity index (χ1) is 4.75. The van der Waals surface area contributed by atoms with Crippen molar-refractivity contribution >= 4 is 21.6 Å². The van der Waals surface area contributed by atoms with Crippen LogP contribution in [0.4, 0.5) is 5.69 Å². The number of nitrogen functional groups attached to an aromatic ring is 1. The fourth-order valence-electron chi connectivity index (χ4n) is 0.764. The summed E-state index contributed by atoms with van der Waals surface area (Å²) < 4.78 is 1.07. The van der Waals surface area contributed by atoms with Gasteiger partial charge in [-0.05, 0) is 24.6 Å². The number of halogens is 1. The van der Waals surface area contributed by atoms with Crippen molar-refractivity contribution in [1.29, 1.82) is 0 Å². The Morgan fingerprint density at radius 2 is 2.20 bits per heavy atom. The Morgan fingerprint density at radius 3 is 2.70 bits per heavy atom. The summed E-state index contributed by atoms with van der Waals surface area (Å²) in [5.74, 6) is 5.25. The summed E-state index contributed by atoms with van der Waals surface area (Å²) in [4.78, 5) is 0. The molecule has 3 N–H and O–H groups in total. The molecular weight excluding hydrogens is 192 g/mol. The third kappa shape index (κ3) is 1.30. The highest BCUT2D eigenvalue weighted by Crippen LogP contribution is 2.22. The van der Waals surface area contributed by atoms with Crippen LogP contribution < -0.4 is 11.3 Å². The van der Waals surface area contributed by atoms with Gasteiger partial charge in [-0.2, -0.15) is 0 Å². The van der Waals surface area contributed by atoms with Crippen LogP contribution in [0.25, 0.3) is 0 Å². The molecule has 1 aromatic rings. The molecule has 0 amide bonds. The third-order valence-electron chi connectivity index (χ3n) is 1.42. The van der Waals surface area contributed by atoms with E-state index in [2.05, 4.69) is 21.4 Å². The van der Waals surface area contributed by atoms with Crippen molar-refractivity contribution in [2.75, 3.05) is 5.43 Å². The predicted octanol–water partition coefficient (Wildman–Crippen LogP) is 2.04. The van der Waals surface area contributed by atoms with Crippen molar-refractivity contribution in [1.82, 2.24) is 0 Å². The molecule has 0 fully saturated rings. The van der Waals surface area contributed by atoms with E-state index in [-0.39, 0.29) is 0 Å².